The maximum absolute atomic E-state index is 6.73. The molecule has 1 heteroatoms. The molecule has 0 aliphatic rings. The maximum Gasteiger partial charge on any atom is 0.143 e. The van der Waals surface area contributed by atoms with E-state index in [1.807, 2.05) is 26.0 Å². The molecule has 0 aliphatic carbocycles. The average Bonchev–Trinajstić information content (AvgIpc) is 3.50. The van der Waals surface area contributed by atoms with Crippen LogP contribution in [0.4, 0.5) is 0 Å². The van der Waals surface area contributed by atoms with Gasteiger partial charge in [-0.25, -0.2) is 0 Å². The van der Waals surface area contributed by atoms with Gasteiger partial charge >= 0.3 is 0 Å². The summed E-state index contributed by atoms with van der Waals surface area (Å²) in [6.07, 6.45) is 10.6. The third kappa shape index (κ3) is 6.21. The minimum atomic E-state index is 0.898. The quantitative estimate of drug-likeness (QED) is 0.154. The number of furan rings is 1. The van der Waals surface area contributed by atoms with E-state index < -0.39 is 0 Å². The van der Waals surface area contributed by atoms with Gasteiger partial charge in [-0.3, -0.25) is 0 Å². The van der Waals surface area contributed by atoms with Gasteiger partial charge in [-0.1, -0.05) is 180 Å². The topological polar surface area (TPSA) is 13.1 Å². The molecule has 6 aromatic carbocycles. The number of hydrogen-bond acceptors (Lipinski definition) is 1. The second-order valence-electron chi connectivity index (χ2n) is 12.0. The normalized spacial score (nSPS) is 11.1. The Balaban J connectivity index is 0.00000205. The van der Waals surface area contributed by atoms with Gasteiger partial charge in [-0.15, -0.1) is 0 Å². The van der Waals surface area contributed by atoms with Crippen LogP contribution < -0.4 is 0 Å². The molecule has 0 aliphatic heterocycles. The molecule has 1 nitrogen and oxygen atoms in total. The van der Waals surface area contributed by atoms with Gasteiger partial charge in [0.1, 0.15) is 11.3 Å². The summed E-state index contributed by atoms with van der Waals surface area (Å²) in [5.41, 5.74) is 13.4. The van der Waals surface area contributed by atoms with Crippen molar-refractivity contribution in [3.05, 3.63) is 163 Å². The number of rotatable bonds is 9. The molecular formula is C48H44O. The Kier molecular flexibility index (Phi) is 10.2. The van der Waals surface area contributed by atoms with E-state index in [4.69, 9.17) is 4.42 Å². The zero-order chi connectivity index (χ0) is 34.3. The lowest BCUT2D eigenvalue weighted by atomic mass is 9.82. The predicted octanol–water partition coefficient (Wildman–Crippen LogP) is 14.7. The Morgan fingerprint density at radius 3 is 1.67 bits per heavy atom. The third-order valence-corrected chi connectivity index (χ3v) is 9.14. The molecule has 0 atom stereocenters. The highest BCUT2D eigenvalue weighted by Crippen LogP contribution is 2.48. The molecule has 0 amide bonds. The van der Waals surface area contributed by atoms with Crippen LogP contribution in [0.15, 0.2) is 145 Å². The zero-order valence-electron chi connectivity index (χ0n) is 29.1. The number of unbranched alkanes of at least 4 members (excludes halogenated alkanes) is 1. The smallest absolute Gasteiger partial charge is 0.143 e. The average molecular weight is 637 g/mol. The van der Waals surface area contributed by atoms with Crippen molar-refractivity contribution < 1.29 is 4.42 Å². The van der Waals surface area contributed by atoms with Crippen LogP contribution in [0.5, 0.6) is 0 Å². The summed E-state index contributed by atoms with van der Waals surface area (Å²) in [4.78, 5) is 0. The monoisotopic (exact) mass is 636 g/mol. The first-order valence-electron chi connectivity index (χ1n) is 17.4. The van der Waals surface area contributed by atoms with E-state index >= 15 is 0 Å². The Morgan fingerprint density at radius 1 is 0.551 bits per heavy atom. The summed E-state index contributed by atoms with van der Waals surface area (Å²) < 4.78 is 6.73. The first-order valence-corrected chi connectivity index (χ1v) is 17.4. The molecule has 1 aromatic heterocycles. The van der Waals surface area contributed by atoms with Gasteiger partial charge in [0, 0.05) is 16.5 Å². The van der Waals surface area contributed by atoms with Crippen LogP contribution in [-0.4, -0.2) is 0 Å². The van der Waals surface area contributed by atoms with Crippen LogP contribution in [0.3, 0.4) is 0 Å². The van der Waals surface area contributed by atoms with Gasteiger partial charge in [0.25, 0.3) is 0 Å². The van der Waals surface area contributed by atoms with Crippen LogP contribution in [0.1, 0.15) is 56.1 Å². The molecule has 0 saturated heterocycles. The van der Waals surface area contributed by atoms with Crippen LogP contribution in [0.2, 0.25) is 0 Å². The van der Waals surface area contributed by atoms with Gasteiger partial charge in [0.2, 0.25) is 0 Å². The summed E-state index contributed by atoms with van der Waals surface area (Å²) in [6, 6.07) is 43.1. The Bertz CT molecular complexity index is 2260. The van der Waals surface area contributed by atoms with Gasteiger partial charge < -0.3 is 4.42 Å². The maximum atomic E-state index is 6.73. The van der Waals surface area contributed by atoms with E-state index in [-0.39, 0.29) is 0 Å². The molecule has 49 heavy (non-hydrogen) atoms. The Morgan fingerprint density at radius 2 is 1.06 bits per heavy atom. The lowest BCUT2D eigenvalue weighted by Gasteiger charge is -2.21. The number of aryl methyl sites for hydroxylation is 1. The van der Waals surface area contributed by atoms with E-state index in [9.17, 15) is 0 Å². The minimum absolute atomic E-state index is 0.898. The Labute approximate surface area is 291 Å². The molecule has 1 heterocycles. The molecule has 0 bridgehead atoms. The highest BCUT2D eigenvalue weighted by atomic mass is 16.3. The fourth-order valence-corrected chi connectivity index (χ4v) is 6.93. The van der Waals surface area contributed by atoms with Crippen molar-refractivity contribution in [1.29, 1.82) is 0 Å². The number of fused-ring (bicyclic) bond motifs is 2. The van der Waals surface area contributed by atoms with Crippen molar-refractivity contribution in [2.45, 2.75) is 40.5 Å². The lowest BCUT2D eigenvalue weighted by molar-refractivity contribution is 0.578. The molecule has 242 valence electrons. The van der Waals surface area contributed by atoms with Crippen molar-refractivity contribution in [3.63, 3.8) is 0 Å². The first-order chi connectivity index (χ1) is 24.1. The predicted molar refractivity (Wildman–Crippen MR) is 216 cm³/mol. The van der Waals surface area contributed by atoms with Gasteiger partial charge in [-0.2, -0.15) is 0 Å². The van der Waals surface area contributed by atoms with Crippen molar-refractivity contribution >= 4 is 40.0 Å². The molecule has 0 radical (unpaired) electrons. The molecule has 0 fully saturated rings. The summed E-state index contributed by atoms with van der Waals surface area (Å²) in [5.74, 6) is 0.913. The number of allylic oxidation sites excluding steroid dienone is 1. The van der Waals surface area contributed by atoms with Gasteiger partial charge in [0.05, 0.1) is 0 Å². The van der Waals surface area contributed by atoms with Crippen molar-refractivity contribution in [2.24, 2.45) is 0 Å². The summed E-state index contributed by atoms with van der Waals surface area (Å²) >= 11 is 0. The van der Waals surface area contributed by atoms with E-state index in [2.05, 4.69) is 160 Å². The molecule has 0 spiro atoms. The third-order valence-electron chi connectivity index (χ3n) is 9.14. The zero-order valence-corrected chi connectivity index (χ0v) is 29.1. The standard InChI is InChI=1S/C46H38O.C2H6/c1-5-8-11-22-38-31(4)47-46-39(34-27-25-33(26-28-34)32-18-12-9-13-19-32)29-30-42(45(38)46)44-37(7-3)36(6-2)43(35-20-14-10-15-21-35)40-23-16-17-24-41(40)44;1-2/h6-7,9-30H,2-3,5,8H2,1,4H3;1-2H3/b22-11-;. The van der Waals surface area contributed by atoms with Crippen LogP contribution >= 0.6 is 0 Å². The first kappa shape index (κ1) is 33.2. The van der Waals surface area contributed by atoms with E-state index in [1.165, 1.54) is 27.5 Å². The highest BCUT2D eigenvalue weighted by Gasteiger charge is 2.24. The molecular weight excluding hydrogens is 593 g/mol. The Hall–Kier alpha value is -5.66. The van der Waals surface area contributed by atoms with E-state index in [0.29, 0.717) is 0 Å². The highest BCUT2D eigenvalue weighted by molar-refractivity contribution is 6.17. The molecule has 0 N–H and O–H groups in total. The second kappa shape index (κ2) is 15.0. The number of hydrogen-bond donors (Lipinski definition) is 0. The summed E-state index contributed by atoms with van der Waals surface area (Å²) in [5, 5.41) is 3.48. The molecule has 7 rings (SSSR count). The number of benzene rings is 6. The summed E-state index contributed by atoms with van der Waals surface area (Å²) in [6.45, 7) is 16.9. The van der Waals surface area contributed by atoms with Crippen LogP contribution in [0, 0.1) is 6.92 Å². The van der Waals surface area contributed by atoms with Crippen LogP contribution in [0.25, 0.3) is 84.5 Å². The second-order valence-corrected chi connectivity index (χ2v) is 12.0. The van der Waals surface area contributed by atoms with Gasteiger partial charge in [-0.05, 0) is 80.3 Å². The summed E-state index contributed by atoms with van der Waals surface area (Å²) in [7, 11) is 0. The van der Waals surface area contributed by atoms with Gasteiger partial charge in [0.15, 0.2) is 0 Å². The van der Waals surface area contributed by atoms with E-state index in [1.54, 1.807) is 0 Å². The van der Waals surface area contributed by atoms with E-state index in [0.717, 1.165) is 74.1 Å². The van der Waals surface area contributed by atoms with Crippen LogP contribution in [-0.2, 0) is 0 Å². The SMILES string of the molecule is C=Cc1c(C=C)c(-c2ccc(-c3ccc(-c4ccccc4)cc3)c3oc(C)c(/C=C\CCC)c23)c2ccccc2c1-c1ccccc1.CC. The fraction of sp³-hybridized carbons (Fsp3) is 0.125. The molecule has 0 unspecified atom stereocenters. The largest absolute Gasteiger partial charge is 0.460 e. The van der Waals surface area contributed by atoms with Crippen molar-refractivity contribution in [1.82, 2.24) is 0 Å². The molecule has 0 saturated carbocycles. The minimum Gasteiger partial charge on any atom is -0.460 e. The fourth-order valence-electron chi connectivity index (χ4n) is 6.93. The lowest BCUT2D eigenvalue weighted by Crippen LogP contribution is -1.97. The van der Waals surface area contributed by atoms with Crippen molar-refractivity contribution in [3.8, 4) is 44.5 Å². The molecule has 7 aromatic rings. The van der Waals surface area contributed by atoms with Crippen molar-refractivity contribution in [2.75, 3.05) is 0 Å².